The van der Waals surface area contributed by atoms with Crippen LogP contribution in [0.25, 0.3) is 0 Å². The molecule has 4 nitrogen and oxygen atoms in total. The topological polar surface area (TPSA) is 49.7 Å². The van der Waals surface area contributed by atoms with E-state index in [0.29, 0.717) is 29.1 Å². The van der Waals surface area contributed by atoms with Crippen molar-refractivity contribution in [2.45, 2.75) is 37.8 Å². The summed E-state index contributed by atoms with van der Waals surface area (Å²) < 4.78 is 26.8. The van der Waals surface area contributed by atoms with Gasteiger partial charge in [0.05, 0.1) is 6.54 Å². The number of hydrogen-bond acceptors (Lipinski definition) is 3. The van der Waals surface area contributed by atoms with Gasteiger partial charge in [0, 0.05) is 16.1 Å². The molecule has 1 aliphatic heterocycles. The summed E-state index contributed by atoms with van der Waals surface area (Å²) in [6.07, 6.45) is 4.19. The number of ketones is 1. The molecule has 1 heterocycles. The van der Waals surface area contributed by atoms with Crippen molar-refractivity contribution < 1.29 is 18.4 Å². The minimum absolute atomic E-state index is 0.0302. The third-order valence-corrected chi connectivity index (χ3v) is 5.84. The van der Waals surface area contributed by atoms with E-state index in [1.54, 1.807) is 24.3 Å². The van der Waals surface area contributed by atoms with Crippen molar-refractivity contribution in [2.75, 3.05) is 6.54 Å². The second-order valence-electron chi connectivity index (χ2n) is 7.45. The van der Waals surface area contributed by atoms with E-state index in [9.17, 15) is 18.4 Å². The molecular weight excluding hydrogens is 398 g/mol. The molecule has 0 saturated heterocycles. The highest BCUT2D eigenvalue weighted by Gasteiger charge is 2.48. The normalized spacial score (nSPS) is 18.2. The highest BCUT2D eigenvalue weighted by molar-refractivity contribution is 6.47. The molecule has 4 rings (SSSR count). The van der Waals surface area contributed by atoms with E-state index in [1.165, 1.54) is 11.0 Å². The Morgan fingerprint density at radius 1 is 1.03 bits per heavy atom. The van der Waals surface area contributed by atoms with Gasteiger partial charge in [-0.3, -0.25) is 14.6 Å². The quantitative estimate of drug-likeness (QED) is 0.672. The molecule has 0 N–H and O–H groups in total. The van der Waals surface area contributed by atoms with E-state index < -0.39 is 23.1 Å². The Kier molecular flexibility index (Phi) is 5.21. The molecule has 1 fully saturated rings. The Balaban J connectivity index is 1.66. The zero-order valence-corrected chi connectivity index (χ0v) is 16.4. The van der Waals surface area contributed by atoms with Crippen LogP contribution in [0.5, 0.6) is 0 Å². The lowest BCUT2D eigenvalue weighted by Gasteiger charge is -2.38. The first-order valence-electron chi connectivity index (χ1n) is 9.56. The SMILES string of the molecule is O=C(CN1C(=O)C(c2ccc(Cl)cc2)=NC12CCCCC2)c1ccc(F)c(F)c1. The molecule has 1 spiro atoms. The van der Waals surface area contributed by atoms with Crippen LogP contribution in [0.4, 0.5) is 8.78 Å². The molecule has 2 aromatic rings. The summed E-state index contributed by atoms with van der Waals surface area (Å²) >= 11 is 5.95. The minimum Gasteiger partial charge on any atom is -0.305 e. The van der Waals surface area contributed by atoms with Crippen molar-refractivity contribution in [1.82, 2.24) is 4.90 Å². The fraction of sp³-hybridized carbons (Fsp3) is 0.318. The average molecular weight is 417 g/mol. The Hall–Kier alpha value is -2.60. The minimum atomic E-state index is -1.09. The summed E-state index contributed by atoms with van der Waals surface area (Å²) in [6.45, 7) is -0.232. The fourth-order valence-electron chi connectivity index (χ4n) is 4.05. The molecule has 0 radical (unpaired) electrons. The summed E-state index contributed by atoms with van der Waals surface area (Å²) in [4.78, 5) is 32.3. The van der Waals surface area contributed by atoms with Crippen LogP contribution in [0.3, 0.4) is 0 Å². The van der Waals surface area contributed by atoms with Gasteiger partial charge in [-0.15, -0.1) is 0 Å². The van der Waals surface area contributed by atoms with E-state index in [4.69, 9.17) is 16.6 Å². The van der Waals surface area contributed by atoms with Crippen LogP contribution in [0, 0.1) is 11.6 Å². The average Bonchev–Trinajstić information content (AvgIpc) is 2.97. The van der Waals surface area contributed by atoms with Gasteiger partial charge in [-0.1, -0.05) is 30.2 Å². The van der Waals surface area contributed by atoms with Gasteiger partial charge in [0.15, 0.2) is 17.4 Å². The van der Waals surface area contributed by atoms with Crippen molar-refractivity contribution in [3.05, 3.63) is 70.2 Å². The summed E-state index contributed by atoms with van der Waals surface area (Å²) in [5.74, 6) is -2.88. The highest BCUT2D eigenvalue weighted by atomic mass is 35.5. The molecule has 2 aromatic carbocycles. The Morgan fingerprint density at radius 2 is 1.72 bits per heavy atom. The molecular formula is C22H19ClF2N2O2. The fourth-order valence-corrected chi connectivity index (χ4v) is 4.18. The van der Waals surface area contributed by atoms with Crippen molar-refractivity contribution in [3.63, 3.8) is 0 Å². The first-order chi connectivity index (χ1) is 13.9. The predicted molar refractivity (Wildman–Crippen MR) is 106 cm³/mol. The van der Waals surface area contributed by atoms with E-state index >= 15 is 0 Å². The second kappa shape index (κ2) is 7.67. The number of carbonyl (C=O) groups is 2. The molecule has 150 valence electrons. The van der Waals surface area contributed by atoms with Crippen LogP contribution in [-0.2, 0) is 4.79 Å². The van der Waals surface area contributed by atoms with E-state index in [2.05, 4.69) is 0 Å². The summed E-state index contributed by atoms with van der Waals surface area (Å²) in [6, 6.07) is 9.86. The van der Waals surface area contributed by atoms with Gasteiger partial charge in [0.25, 0.3) is 5.91 Å². The number of rotatable bonds is 4. The van der Waals surface area contributed by atoms with Gasteiger partial charge in [0.1, 0.15) is 11.4 Å². The number of aliphatic imine (C=N–C) groups is 1. The lowest BCUT2D eigenvalue weighted by molar-refractivity contribution is -0.128. The molecule has 1 saturated carbocycles. The number of benzene rings is 2. The van der Waals surface area contributed by atoms with Gasteiger partial charge in [0.2, 0.25) is 0 Å². The zero-order valence-electron chi connectivity index (χ0n) is 15.6. The largest absolute Gasteiger partial charge is 0.305 e. The van der Waals surface area contributed by atoms with Gasteiger partial charge in [-0.25, -0.2) is 8.78 Å². The summed E-state index contributed by atoms with van der Waals surface area (Å²) in [7, 11) is 0. The molecule has 1 aliphatic carbocycles. The zero-order chi connectivity index (χ0) is 20.6. The molecule has 7 heteroatoms. The van der Waals surface area contributed by atoms with E-state index in [-0.39, 0.29) is 18.0 Å². The highest BCUT2D eigenvalue weighted by Crippen LogP contribution is 2.39. The maximum Gasteiger partial charge on any atom is 0.275 e. The van der Waals surface area contributed by atoms with Crippen molar-refractivity contribution in [1.29, 1.82) is 0 Å². The lowest BCUT2D eigenvalue weighted by atomic mass is 9.88. The number of carbonyl (C=O) groups excluding carboxylic acids is 2. The molecule has 0 aromatic heterocycles. The molecule has 2 aliphatic rings. The van der Waals surface area contributed by atoms with Gasteiger partial charge in [-0.2, -0.15) is 0 Å². The summed E-state index contributed by atoms with van der Waals surface area (Å²) in [5, 5.41) is 0.553. The predicted octanol–water partition coefficient (Wildman–Crippen LogP) is 4.79. The summed E-state index contributed by atoms with van der Waals surface area (Å²) in [5.41, 5.74) is 0.217. The maximum absolute atomic E-state index is 13.6. The van der Waals surface area contributed by atoms with Crippen LogP contribution in [0.2, 0.25) is 5.02 Å². The Morgan fingerprint density at radius 3 is 2.38 bits per heavy atom. The first kappa shape index (κ1) is 19.7. The Bertz CT molecular complexity index is 998. The number of halogens is 3. The van der Waals surface area contributed by atoms with Gasteiger partial charge < -0.3 is 4.90 Å². The van der Waals surface area contributed by atoms with Crippen LogP contribution in [0.15, 0.2) is 47.5 Å². The van der Waals surface area contributed by atoms with E-state index in [0.717, 1.165) is 31.4 Å². The van der Waals surface area contributed by atoms with Crippen molar-refractivity contribution in [3.8, 4) is 0 Å². The number of nitrogens with zero attached hydrogens (tertiary/aromatic N) is 2. The number of Topliss-reactive ketones (excluding diaryl/α,β-unsaturated/α-hetero) is 1. The molecule has 0 atom stereocenters. The van der Waals surface area contributed by atoms with Crippen LogP contribution in [0.1, 0.15) is 48.0 Å². The smallest absolute Gasteiger partial charge is 0.275 e. The first-order valence-corrected chi connectivity index (χ1v) is 9.93. The molecule has 0 bridgehead atoms. The molecule has 1 amide bonds. The van der Waals surface area contributed by atoms with Crippen LogP contribution in [-0.4, -0.2) is 34.5 Å². The number of hydrogen-bond donors (Lipinski definition) is 0. The lowest BCUT2D eigenvalue weighted by Crippen LogP contribution is -2.50. The maximum atomic E-state index is 13.6. The van der Waals surface area contributed by atoms with Gasteiger partial charge in [-0.05, 0) is 56.0 Å². The standard InChI is InChI=1S/C22H19ClF2N2O2/c23-16-7-4-14(5-8-16)20-21(29)27(22(26-20)10-2-1-3-11-22)13-19(28)15-6-9-17(24)18(25)12-15/h4-9,12H,1-3,10-11,13H2. The van der Waals surface area contributed by atoms with E-state index in [1.807, 2.05) is 0 Å². The second-order valence-corrected chi connectivity index (χ2v) is 7.89. The monoisotopic (exact) mass is 416 g/mol. The molecule has 29 heavy (non-hydrogen) atoms. The number of amides is 1. The Labute approximate surface area is 172 Å². The van der Waals surface area contributed by atoms with Crippen LogP contribution < -0.4 is 0 Å². The van der Waals surface area contributed by atoms with Crippen molar-refractivity contribution in [2.24, 2.45) is 4.99 Å². The molecule has 0 unspecified atom stereocenters. The third kappa shape index (κ3) is 3.69. The van der Waals surface area contributed by atoms with Gasteiger partial charge >= 0.3 is 0 Å². The third-order valence-electron chi connectivity index (χ3n) is 5.59. The van der Waals surface area contributed by atoms with Crippen LogP contribution >= 0.6 is 11.6 Å². The van der Waals surface area contributed by atoms with Crippen molar-refractivity contribution >= 4 is 29.0 Å².